The number of rotatable bonds is 3. The molecule has 0 saturated heterocycles. The largest absolute Gasteiger partial charge is 0.534 e. The molecule has 7 nitrogen and oxygen atoms in total. The maximum Gasteiger partial charge on any atom is 0.534 e. The lowest BCUT2D eigenvalue weighted by Gasteiger charge is -2.09. The number of halogens is 3. The molecule has 0 unspecified atom stereocenters. The molecule has 0 aliphatic heterocycles. The summed E-state index contributed by atoms with van der Waals surface area (Å²) in [6.45, 7) is 0. The number of alkyl halides is 3. The zero-order valence-electron chi connectivity index (χ0n) is 9.06. The molecule has 0 aliphatic carbocycles. The van der Waals surface area contributed by atoms with Gasteiger partial charge in [0.25, 0.3) is 0 Å². The number of nitrogens with zero attached hydrogens (tertiary/aromatic N) is 2. The molecule has 0 aromatic carbocycles. The Hall–Kier alpha value is -1.78. The van der Waals surface area contributed by atoms with Gasteiger partial charge in [0.05, 0.1) is 13.3 Å². The van der Waals surface area contributed by atoms with Crippen molar-refractivity contribution in [3.05, 3.63) is 16.6 Å². The molecule has 1 aromatic heterocycles. The lowest BCUT2D eigenvalue weighted by molar-refractivity contribution is -0.0502. The summed E-state index contributed by atoms with van der Waals surface area (Å²) in [5.74, 6) is -1.52. The first-order valence-corrected chi connectivity index (χ1v) is 5.61. The fourth-order valence-corrected chi connectivity index (χ4v) is 1.27. The van der Waals surface area contributed by atoms with Crippen LogP contribution in [0.15, 0.2) is 11.0 Å². The van der Waals surface area contributed by atoms with Crippen LogP contribution in [-0.4, -0.2) is 30.6 Å². The summed E-state index contributed by atoms with van der Waals surface area (Å²) >= 11 is 0. The SMILES string of the molecule is COc1cn(C)c(=O)c(OS(=O)(=O)C(F)(F)F)n1. The summed E-state index contributed by atoms with van der Waals surface area (Å²) < 4.78 is 66.6. The molecule has 0 fully saturated rings. The van der Waals surface area contributed by atoms with Gasteiger partial charge in [-0.1, -0.05) is 0 Å². The summed E-state index contributed by atoms with van der Waals surface area (Å²) in [5, 5.41) is 0. The van der Waals surface area contributed by atoms with E-state index in [2.05, 4.69) is 13.9 Å². The molecule has 1 aromatic rings. The predicted molar refractivity (Wildman–Crippen MR) is 51.6 cm³/mol. The summed E-state index contributed by atoms with van der Waals surface area (Å²) in [6.07, 6.45) is 1.05. The normalized spacial score (nSPS) is 12.3. The summed E-state index contributed by atoms with van der Waals surface area (Å²) in [7, 11) is -3.65. The molecule has 0 bridgehead atoms. The first-order valence-electron chi connectivity index (χ1n) is 4.21. The Bertz CT molecular complexity index is 606. The van der Waals surface area contributed by atoms with Crippen LogP contribution >= 0.6 is 0 Å². The molecule has 0 spiro atoms. The predicted octanol–water partition coefficient (Wildman–Crippen LogP) is 0.0173. The Labute approximate surface area is 98.9 Å². The van der Waals surface area contributed by atoms with Gasteiger partial charge in [0, 0.05) is 7.05 Å². The van der Waals surface area contributed by atoms with Crippen LogP contribution in [0.2, 0.25) is 0 Å². The quantitative estimate of drug-likeness (QED) is 0.575. The van der Waals surface area contributed by atoms with Gasteiger partial charge in [0.1, 0.15) is 0 Å². The van der Waals surface area contributed by atoms with Crippen molar-refractivity contribution >= 4 is 10.1 Å². The van der Waals surface area contributed by atoms with Gasteiger partial charge in [-0.3, -0.25) is 4.79 Å². The van der Waals surface area contributed by atoms with Crippen molar-refractivity contribution in [2.45, 2.75) is 5.51 Å². The van der Waals surface area contributed by atoms with Gasteiger partial charge in [-0.2, -0.15) is 26.6 Å². The van der Waals surface area contributed by atoms with Crippen LogP contribution in [0.1, 0.15) is 0 Å². The zero-order chi connectivity index (χ0) is 14.1. The maximum absolute atomic E-state index is 12.1. The van der Waals surface area contributed by atoms with Gasteiger partial charge in [0.2, 0.25) is 5.88 Å². The van der Waals surface area contributed by atoms with Crippen molar-refractivity contribution in [3.8, 4) is 11.8 Å². The molecule has 0 amide bonds. The van der Waals surface area contributed by atoms with Crippen LogP contribution < -0.4 is 14.5 Å². The number of aromatic nitrogens is 2. The highest BCUT2D eigenvalue weighted by molar-refractivity contribution is 7.87. The highest BCUT2D eigenvalue weighted by atomic mass is 32.2. The number of aryl methyl sites for hydroxylation is 1. The van der Waals surface area contributed by atoms with E-state index in [-0.39, 0.29) is 5.88 Å². The first kappa shape index (κ1) is 14.3. The van der Waals surface area contributed by atoms with Crippen LogP contribution in [0.4, 0.5) is 13.2 Å². The Morgan fingerprint density at radius 3 is 2.39 bits per heavy atom. The monoisotopic (exact) mass is 288 g/mol. The third-order valence-electron chi connectivity index (χ3n) is 1.70. The Morgan fingerprint density at radius 2 is 1.94 bits per heavy atom. The molecular formula is C7H7F3N2O5S. The van der Waals surface area contributed by atoms with E-state index in [0.717, 1.165) is 17.9 Å². The molecule has 18 heavy (non-hydrogen) atoms. The molecule has 1 rings (SSSR count). The lowest BCUT2D eigenvalue weighted by Crippen LogP contribution is -2.31. The van der Waals surface area contributed by atoms with Crippen LogP contribution in [0, 0.1) is 0 Å². The van der Waals surface area contributed by atoms with Crippen molar-refractivity contribution in [3.63, 3.8) is 0 Å². The van der Waals surface area contributed by atoms with Gasteiger partial charge in [-0.05, 0) is 0 Å². The van der Waals surface area contributed by atoms with E-state index in [4.69, 9.17) is 0 Å². The van der Waals surface area contributed by atoms with E-state index >= 15 is 0 Å². The van der Waals surface area contributed by atoms with Crippen molar-refractivity contribution < 1.29 is 30.5 Å². The lowest BCUT2D eigenvalue weighted by atomic mass is 10.6. The minimum absolute atomic E-state index is 0.274. The second kappa shape index (κ2) is 4.48. The van der Waals surface area contributed by atoms with E-state index in [9.17, 15) is 26.4 Å². The van der Waals surface area contributed by atoms with Gasteiger partial charge < -0.3 is 13.5 Å². The Balaban J connectivity index is 3.29. The van der Waals surface area contributed by atoms with E-state index in [0.29, 0.717) is 0 Å². The number of hydrogen-bond acceptors (Lipinski definition) is 6. The van der Waals surface area contributed by atoms with Crippen LogP contribution in [0.25, 0.3) is 0 Å². The number of methoxy groups -OCH3 is 1. The number of hydrogen-bond donors (Lipinski definition) is 0. The molecule has 1 heterocycles. The summed E-state index contributed by atoms with van der Waals surface area (Å²) in [5.41, 5.74) is -6.80. The van der Waals surface area contributed by atoms with Gasteiger partial charge >= 0.3 is 27.1 Å². The first-order chi connectivity index (χ1) is 8.08. The molecule has 0 atom stereocenters. The topological polar surface area (TPSA) is 87.5 Å². The summed E-state index contributed by atoms with van der Waals surface area (Å²) in [6, 6.07) is 0. The minimum Gasteiger partial charge on any atom is -0.480 e. The molecule has 0 N–H and O–H groups in total. The number of ether oxygens (including phenoxy) is 1. The fraction of sp³-hybridized carbons (Fsp3) is 0.429. The Morgan fingerprint density at radius 1 is 1.39 bits per heavy atom. The van der Waals surface area contributed by atoms with E-state index in [1.807, 2.05) is 0 Å². The standard InChI is InChI=1S/C7H7F3N2O5S/c1-12-3-4(16-2)11-5(6(12)13)17-18(14,15)7(8,9)10/h3H,1-2H3. The van der Waals surface area contributed by atoms with Crippen molar-refractivity contribution in [2.75, 3.05) is 7.11 Å². The zero-order valence-corrected chi connectivity index (χ0v) is 9.87. The van der Waals surface area contributed by atoms with Crippen molar-refractivity contribution in [1.82, 2.24) is 9.55 Å². The third kappa shape index (κ3) is 2.72. The molecule has 11 heteroatoms. The summed E-state index contributed by atoms with van der Waals surface area (Å²) in [4.78, 5) is 14.5. The Kier molecular flexibility index (Phi) is 3.55. The van der Waals surface area contributed by atoms with E-state index < -0.39 is 27.1 Å². The average molecular weight is 288 g/mol. The molecule has 0 radical (unpaired) electrons. The second-order valence-electron chi connectivity index (χ2n) is 2.99. The van der Waals surface area contributed by atoms with Crippen LogP contribution in [0.3, 0.4) is 0 Å². The fourth-order valence-electron chi connectivity index (χ4n) is 0.856. The van der Waals surface area contributed by atoms with Crippen LogP contribution in [0.5, 0.6) is 11.8 Å². The van der Waals surface area contributed by atoms with Gasteiger partial charge in [-0.15, -0.1) is 0 Å². The van der Waals surface area contributed by atoms with E-state index in [1.165, 1.54) is 7.05 Å². The second-order valence-corrected chi connectivity index (χ2v) is 4.53. The van der Waals surface area contributed by atoms with Crippen molar-refractivity contribution in [1.29, 1.82) is 0 Å². The highest BCUT2D eigenvalue weighted by Crippen LogP contribution is 2.25. The van der Waals surface area contributed by atoms with Gasteiger partial charge in [-0.25, -0.2) is 0 Å². The highest BCUT2D eigenvalue weighted by Gasteiger charge is 2.49. The van der Waals surface area contributed by atoms with E-state index in [1.54, 1.807) is 0 Å². The molecular weight excluding hydrogens is 281 g/mol. The molecule has 102 valence electrons. The van der Waals surface area contributed by atoms with Gasteiger partial charge in [0.15, 0.2) is 0 Å². The average Bonchev–Trinajstić information content (AvgIpc) is 2.22. The molecule has 0 saturated carbocycles. The van der Waals surface area contributed by atoms with Crippen molar-refractivity contribution in [2.24, 2.45) is 7.05 Å². The smallest absolute Gasteiger partial charge is 0.480 e. The maximum atomic E-state index is 12.1. The minimum atomic E-state index is -5.95. The van der Waals surface area contributed by atoms with Crippen LogP contribution in [-0.2, 0) is 17.2 Å². The third-order valence-corrected chi connectivity index (χ3v) is 2.64. The molecule has 0 aliphatic rings.